The van der Waals surface area contributed by atoms with Gasteiger partial charge in [-0.3, -0.25) is 47.9 Å². The highest BCUT2D eigenvalue weighted by molar-refractivity contribution is 5.76. The van der Waals surface area contributed by atoms with Crippen molar-refractivity contribution < 1.29 is 0 Å². The van der Waals surface area contributed by atoms with Gasteiger partial charge in [0, 0.05) is 65.4 Å². The molecule has 0 amide bonds. The number of fused-ring (bicyclic) bond motifs is 5. The lowest BCUT2D eigenvalue weighted by molar-refractivity contribution is 0.331. The average Bonchev–Trinajstić information content (AvgIpc) is 3.45. The molecule has 0 unspecified atom stereocenters. The van der Waals surface area contributed by atoms with Gasteiger partial charge in [-0.05, 0) is 145 Å². The summed E-state index contributed by atoms with van der Waals surface area (Å²) in [6.45, 7) is 11.1. The van der Waals surface area contributed by atoms with Crippen LogP contribution in [0.15, 0.2) is 47.9 Å². The maximum absolute atomic E-state index is 12.4. The summed E-state index contributed by atoms with van der Waals surface area (Å²) in [5, 5.41) is 31.3. The van der Waals surface area contributed by atoms with Crippen LogP contribution in [-0.4, -0.2) is 166 Å². The van der Waals surface area contributed by atoms with Crippen LogP contribution in [0.5, 0.6) is 0 Å². The van der Waals surface area contributed by atoms with Gasteiger partial charge < -0.3 is 72.8 Å². The third-order valence-electron chi connectivity index (χ3n) is 14.7. The fourth-order valence-corrected chi connectivity index (χ4v) is 9.80. The Bertz CT molecular complexity index is 2890. The molecule has 24 heteroatoms. The van der Waals surface area contributed by atoms with Gasteiger partial charge in [0.1, 0.15) is 56.9 Å². The second-order valence-electron chi connectivity index (χ2n) is 21.1. The van der Waals surface area contributed by atoms with E-state index in [0.29, 0.717) is 122 Å². The molecule has 0 aromatic heterocycles. The van der Waals surface area contributed by atoms with Crippen LogP contribution < -0.4 is 107 Å². The lowest BCUT2D eigenvalue weighted by atomic mass is 10.1. The van der Waals surface area contributed by atoms with E-state index in [1.165, 1.54) is 0 Å². The van der Waals surface area contributed by atoms with Gasteiger partial charge in [0.25, 0.3) is 54.3 Å². The molecule has 24 nitrogen and oxygen atoms in total. The zero-order valence-electron chi connectivity index (χ0n) is 46.8. The summed E-state index contributed by atoms with van der Waals surface area (Å²) >= 11 is 0. The number of anilines is 10. The van der Waals surface area contributed by atoms with Crippen LogP contribution in [0.1, 0.15) is 83.5 Å². The van der Waals surface area contributed by atoms with Crippen molar-refractivity contribution >= 4 is 56.9 Å². The van der Waals surface area contributed by atoms with Crippen molar-refractivity contribution in [2.45, 2.75) is 83.5 Å². The third kappa shape index (κ3) is 17.1. The summed E-state index contributed by atoms with van der Waals surface area (Å²) in [5.74, 6) is 0. The zero-order valence-corrected chi connectivity index (χ0v) is 46.8. The first-order valence-electron chi connectivity index (χ1n) is 28.4. The van der Waals surface area contributed by atoms with Crippen LogP contribution in [0.3, 0.4) is 0 Å². The molecule has 5 aromatic rings. The predicted molar refractivity (Wildman–Crippen MR) is 322 cm³/mol. The molecule has 1 heterocycles. The van der Waals surface area contributed by atoms with E-state index in [2.05, 4.69) is 72.8 Å². The van der Waals surface area contributed by atoms with Gasteiger partial charge in [0.15, 0.2) is 0 Å². The van der Waals surface area contributed by atoms with E-state index in [1.807, 2.05) is 28.2 Å². The third-order valence-corrected chi connectivity index (χ3v) is 14.7. The zero-order chi connectivity index (χ0) is 56.8. The van der Waals surface area contributed by atoms with Crippen molar-refractivity contribution in [2.24, 2.45) is 0 Å². The highest BCUT2D eigenvalue weighted by Gasteiger charge is 2.24. The highest BCUT2D eigenvalue weighted by Crippen LogP contribution is 2.19. The van der Waals surface area contributed by atoms with E-state index in [-0.39, 0.29) is 0 Å². The van der Waals surface area contributed by atoms with Gasteiger partial charge in [-0.25, -0.2) is 0 Å². The van der Waals surface area contributed by atoms with E-state index in [4.69, 9.17) is 0 Å². The number of hydrogen-bond acceptors (Lipinski definition) is 24. The number of nitrogens with zero attached hydrogens (tertiary/aromatic N) is 4. The SMILES string of the molecule is CN1CCCNc2c(c(=O)c2=O)NCCCCCCCNc2c(c(=O)c2=O)NCCCN(C)CCCNc2c(c(=O)c2=O)NCCCN(C)CCCNc2c(c(=O)c2=O)NCCCN(C)CCCNc2c(c(=O)c2=O)NCCC1. The Morgan fingerprint density at radius 2 is 0.304 bits per heavy atom. The quantitative estimate of drug-likeness (QED) is 0.0939. The van der Waals surface area contributed by atoms with Gasteiger partial charge in [-0.1, -0.05) is 19.3 Å². The topological polar surface area (TPSA) is 304 Å². The first-order valence-corrected chi connectivity index (χ1v) is 28.4. The number of hydrogen-bond donors (Lipinski definition) is 10. The van der Waals surface area contributed by atoms with Crippen molar-refractivity contribution in [3.63, 3.8) is 0 Å². The van der Waals surface area contributed by atoms with E-state index < -0.39 is 54.3 Å². The molecule has 0 atom stereocenters. The van der Waals surface area contributed by atoms with Crippen LogP contribution in [0, 0.1) is 0 Å². The molecule has 0 bridgehead atoms. The lowest BCUT2D eigenvalue weighted by Crippen LogP contribution is -2.38. The summed E-state index contributed by atoms with van der Waals surface area (Å²) in [4.78, 5) is 132. The highest BCUT2D eigenvalue weighted by atomic mass is 16.2. The summed E-state index contributed by atoms with van der Waals surface area (Å²) < 4.78 is 0. The van der Waals surface area contributed by atoms with Crippen molar-refractivity contribution in [3.05, 3.63) is 102 Å². The van der Waals surface area contributed by atoms with Crippen molar-refractivity contribution in [2.75, 3.05) is 199 Å². The molecule has 5 aromatic carbocycles. The number of nitrogens with one attached hydrogen (secondary N) is 10. The Kier molecular flexibility index (Phi) is 24.2. The van der Waals surface area contributed by atoms with Crippen molar-refractivity contribution in [3.8, 4) is 0 Å². The van der Waals surface area contributed by atoms with Crippen LogP contribution in [-0.2, 0) is 0 Å². The van der Waals surface area contributed by atoms with Gasteiger partial charge in [0.05, 0.1) is 0 Å². The first kappa shape index (κ1) is 61.5. The molecule has 0 aliphatic carbocycles. The van der Waals surface area contributed by atoms with Crippen LogP contribution >= 0.6 is 0 Å². The molecule has 6 rings (SSSR count). The maximum Gasteiger partial charge on any atom is 0.253 e. The second kappa shape index (κ2) is 31.1. The molecule has 1 aliphatic rings. The Morgan fingerprint density at radius 3 is 0.443 bits per heavy atom. The Labute approximate surface area is 459 Å². The lowest BCUT2D eigenvalue weighted by Gasteiger charge is -2.20. The molecular weight excluding hydrogens is 1020 g/mol. The van der Waals surface area contributed by atoms with Gasteiger partial charge in [-0.15, -0.1) is 0 Å². The average molecular weight is 1100 g/mol. The summed E-state index contributed by atoms with van der Waals surface area (Å²) in [7, 11) is 7.95. The summed E-state index contributed by atoms with van der Waals surface area (Å²) in [6, 6.07) is 0. The van der Waals surface area contributed by atoms with Crippen molar-refractivity contribution in [1.82, 2.24) is 19.6 Å². The Hall–Kier alpha value is -6.76. The number of rotatable bonds is 0. The molecule has 0 spiro atoms. The molecule has 79 heavy (non-hydrogen) atoms. The fourth-order valence-electron chi connectivity index (χ4n) is 9.80. The molecular formula is C55H84N14O10. The predicted octanol–water partition coefficient (Wildman–Crippen LogP) is 0.398. The summed E-state index contributed by atoms with van der Waals surface area (Å²) in [6.07, 6.45) is 10.3. The van der Waals surface area contributed by atoms with E-state index >= 15 is 0 Å². The fraction of sp³-hybridized carbons (Fsp3) is 0.636. The van der Waals surface area contributed by atoms with Crippen LogP contribution in [0.4, 0.5) is 56.9 Å². The normalized spacial score (nSPS) is 19.1. The molecule has 0 saturated carbocycles. The monoisotopic (exact) mass is 1100 g/mol. The largest absolute Gasteiger partial charge is 0.380 e. The molecule has 10 N–H and O–H groups in total. The minimum Gasteiger partial charge on any atom is -0.380 e. The van der Waals surface area contributed by atoms with E-state index in [1.54, 1.807) is 0 Å². The molecule has 0 radical (unpaired) electrons. The first-order chi connectivity index (χ1) is 38.1. The van der Waals surface area contributed by atoms with Gasteiger partial charge in [-0.2, -0.15) is 0 Å². The second-order valence-corrected chi connectivity index (χ2v) is 21.1. The minimum atomic E-state index is -0.527. The molecule has 0 fully saturated rings. The standard InChI is InChI=1S/C55H84N14O10/c1-66-28-10-20-58-38-36(46(70)48(38)72)56-18-8-6-5-7-9-19-57-37-39(49(73)47(37)71)59-21-11-29-67(2)31-13-23-61-41-43(53(77)51(41)75)63-25-15-33-69(4)35-17-27-65-45-44(54(78)55(45)79)64-26-16-34-68(3)32-14-24-62-42-40(50(74)52(42)76)60-22-12-30-66/h56-65H,5-35H2,1-4H3. The van der Waals surface area contributed by atoms with Gasteiger partial charge >= 0.3 is 0 Å². The van der Waals surface area contributed by atoms with Crippen molar-refractivity contribution in [1.29, 1.82) is 0 Å². The smallest absolute Gasteiger partial charge is 0.253 e. The minimum absolute atomic E-state index is 0.313. The summed E-state index contributed by atoms with van der Waals surface area (Å²) in [5.41, 5.74) is -2.01. The van der Waals surface area contributed by atoms with Crippen LogP contribution in [0.2, 0.25) is 0 Å². The Balaban J connectivity index is 0.927. The van der Waals surface area contributed by atoms with Crippen LogP contribution in [0.25, 0.3) is 0 Å². The van der Waals surface area contributed by atoms with E-state index in [9.17, 15) is 47.9 Å². The van der Waals surface area contributed by atoms with Gasteiger partial charge in [0.2, 0.25) is 0 Å². The molecule has 1 aliphatic heterocycles. The molecule has 0 saturated heterocycles. The Morgan fingerprint density at radius 1 is 0.190 bits per heavy atom. The molecule has 434 valence electrons. The van der Waals surface area contributed by atoms with E-state index in [0.717, 1.165) is 136 Å². The maximum atomic E-state index is 12.4.